The summed E-state index contributed by atoms with van der Waals surface area (Å²) < 4.78 is 5.09. The van der Waals surface area contributed by atoms with Gasteiger partial charge >= 0.3 is 0 Å². The molecule has 0 amide bonds. The van der Waals surface area contributed by atoms with E-state index < -0.39 is 0 Å². The monoisotopic (exact) mass is 502 g/mol. The Morgan fingerprint density at radius 2 is 1.32 bits per heavy atom. The Kier molecular flexibility index (Phi) is 11.0. The van der Waals surface area contributed by atoms with Gasteiger partial charge in [-0.2, -0.15) is 10.5 Å². The van der Waals surface area contributed by atoms with Crippen molar-refractivity contribution in [1.82, 2.24) is 9.80 Å². The van der Waals surface area contributed by atoms with E-state index in [9.17, 15) is 10.2 Å². The van der Waals surface area contributed by atoms with Crippen LogP contribution in [0.25, 0.3) is 0 Å². The van der Waals surface area contributed by atoms with Crippen molar-refractivity contribution in [2.45, 2.75) is 37.5 Å². The number of hydrogen-bond donors (Lipinski definition) is 2. The number of piperidine rings is 2. The van der Waals surface area contributed by atoms with Crippen LogP contribution in [-0.4, -0.2) is 73.0 Å². The van der Waals surface area contributed by atoms with Gasteiger partial charge in [0.25, 0.3) is 0 Å². The van der Waals surface area contributed by atoms with E-state index in [4.69, 9.17) is 15.3 Å². The second kappa shape index (κ2) is 14.4. The fourth-order valence-corrected chi connectivity index (χ4v) is 5.26. The molecule has 2 saturated heterocycles. The van der Waals surface area contributed by atoms with Crippen LogP contribution in [0.3, 0.4) is 0 Å². The number of phenols is 2. The van der Waals surface area contributed by atoms with Crippen molar-refractivity contribution in [3.63, 3.8) is 0 Å². The lowest BCUT2D eigenvalue weighted by molar-refractivity contribution is 0.130. The number of nitrogens with zero attached hydrogens (tertiary/aromatic N) is 4. The molecule has 2 heterocycles. The van der Waals surface area contributed by atoms with Crippen LogP contribution in [0.15, 0.2) is 49.1 Å². The van der Waals surface area contributed by atoms with Gasteiger partial charge < -0.3 is 19.8 Å². The summed E-state index contributed by atoms with van der Waals surface area (Å²) in [6, 6.07) is 15.0. The van der Waals surface area contributed by atoms with Crippen LogP contribution >= 0.6 is 0 Å². The molecule has 0 unspecified atom stereocenters. The molecule has 7 heteroatoms. The lowest BCUT2D eigenvalue weighted by Crippen LogP contribution is -2.35. The summed E-state index contributed by atoms with van der Waals surface area (Å²) in [5.74, 6) is 1.05. The van der Waals surface area contributed by atoms with Gasteiger partial charge in [-0.05, 0) is 87.0 Å². The van der Waals surface area contributed by atoms with E-state index in [-0.39, 0.29) is 11.5 Å². The molecule has 4 rings (SSSR count). The maximum atomic E-state index is 10.1. The SMILES string of the molecule is C=CCN1CCC(c2cccc(C#N)c2O)CC1.COCCN1CCC(c2cccc(C#N)c2O)CC1. The number of benzene rings is 2. The van der Waals surface area contributed by atoms with Crippen molar-refractivity contribution in [2.75, 3.05) is 53.0 Å². The molecule has 2 aliphatic heterocycles. The largest absolute Gasteiger partial charge is 0.506 e. The maximum absolute atomic E-state index is 10.1. The van der Waals surface area contributed by atoms with Gasteiger partial charge in [0, 0.05) is 20.2 Å². The molecule has 2 aliphatic rings. The molecule has 196 valence electrons. The van der Waals surface area contributed by atoms with Crippen LogP contribution in [-0.2, 0) is 4.74 Å². The molecule has 0 radical (unpaired) electrons. The molecule has 2 N–H and O–H groups in total. The van der Waals surface area contributed by atoms with Crippen molar-refractivity contribution in [3.8, 4) is 23.6 Å². The Bertz CT molecular complexity index is 1100. The van der Waals surface area contributed by atoms with Crippen molar-refractivity contribution in [3.05, 3.63) is 71.3 Å². The normalized spacial score (nSPS) is 17.3. The number of phenolic OH excluding ortho intramolecular Hbond substituents is 2. The van der Waals surface area contributed by atoms with Gasteiger partial charge in [0.1, 0.15) is 23.6 Å². The van der Waals surface area contributed by atoms with Gasteiger partial charge in [-0.25, -0.2) is 0 Å². The zero-order chi connectivity index (χ0) is 26.6. The molecule has 0 aliphatic carbocycles. The topological polar surface area (TPSA) is 104 Å². The number of aromatic hydroxyl groups is 2. The van der Waals surface area contributed by atoms with Crippen molar-refractivity contribution in [1.29, 1.82) is 10.5 Å². The fraction of sp³-hybridized carbons (Fsp3) is 0.467. The molecule has 0 spiro atoms. The zero-order valence-electron chi connectivity index (χ0n) is 21.8. The smallest absolute Gasteiger partial charge is 0.136 e. The third-order valence-electron chi connectivity index (χ3n) is 7.43. The number of likely N-dealkylation sites (tertiary alicyclic amines) is 2. The van der Waals surface area contributed by atoms with E-state index in [0.29, 0.717) is 23.0 Å². The summed E-state index contributed by atoms with van der Waals surface area (Å²) in [5.41, 5.74) is 2.60. The summed E-state index contributed by atoms with van der Waals surface area (Å²) in [6.45, 7) is 10.5. The number of ether oxygens (including phenoxy) is 1. The first kappa shape index (κ1) is 28.2. The Balaban J connectivity index is 0.000000206. The molecule has 0 atom stereocenters. The summed E-state index contributed by atoms with van der Waals surface area (Å²) in [6.07, 6.45) is 6.01. The average Bonchev–Trinajstić information content (AvgIpc) is 2.94. The van der Waals surface area contributed by atoms with E-state index in [1.165, 1.54) is 0 Å². The third-order valence-corrected chi connectivity index (χ3v) is 7.43. The minimum absolute atomic E-state index is 0.167. The maximum Gasteiger partial charge on any atom is 0.136 e. The third kappa shape index (κ3) is 7.57. The second-order valence-corrected chi connectivity index (χ2v) is 9.68. The Hall–Kier alpha value is -3.36. The predicted octanol–water partition coefficient (Wildman–Crippen LogP) is 4.72. The highest BCUT2D eigenvalue weighted by Crippen LogP contribution is 2.36. The lowest BCUT2D eigenvalue weighted by Gasteiger charge is -2.32. The summed E-state index contributed by atoms with van der Waals surface area (Å²) in [7, 11) is 1.72. The molecular formula is C30H38N4O3. The number of methoxy groups -OCH3 is 1. The Morgan fingerprint density at radius 1 is 0.865 bits per heavy atom. The molecule has 2 fully saturated rings. The summed E-state index contributed by atoms with van der Waals surface area (Å²) >= 11 is 0. The molecular weight excluding hydrogens is 464 g/mol. The van der Waals surface area contributed by atoms with E-state index >= 15 is 0 Å². The minimum Gasteiger partial charge on any atom is -0.506 e. The second-order valence-electron chi connectivity index (χ2n) is 9.68. The lowest BCUT2D eigenvalue weighted by atomic mass is 9.88. The van der Waals surface area contributed by atoms with Gasteiger partial charge in [-0.15, -0.1) is 6.58 Å². The van der Waals surface area contributed by atoms with Crippen LogP contribution < -0.4 is 0 Å². The van der Waals surface area contributed by atoms with E-state index in [1.54, 1.807) is 19.2 Å². The standard InChI is InChI=1S/C15H20N2O2.C15H18N2O/c1-19-10-9-17-7-5-12(6-8-17)14-4-2-3-13(11-16)15(14)18;1-2-8-17-9-6-12(7-10-17)14-5-3-4-13(11-16)15(14)18/h2-4,12,18H,5-10H2,1H3;2-5,12,18H,1,6-10H2. The van der Waals surface area contributed by atoms with Crippen LogP contribution in [0.2, 0.25) is 0 Å². The van der Waals surface area contributed by atoms with Crippen LogP contribution in [0.5, 0.6) is 11.5 Å². The highest BCUT2D eigenvalue weighted by Gasteiger charge is 2.24. The first-order valence-electron chi connectivity index (χ1n) is 13.0. The van der Waals surface area contributed by atoms with E-state index in [2.05, 4.69) is 16.4 Å². The molecule has 0 aromatic heterocycles. The first-order chi connectivity index (χ1) is 18.0. The number of hydrogen-bond acceptors (Lipinski definition) is 7. The number of nitriles is 2. The predicted molar refractivity (Wildman–Crippen MR) is 145 cm³/mol. The molecule has 37 heavy (non-hydrogen) atoms. The zero-order valence-corrected chi connectivity index (χ0v) is 21.8. The average molecular weight is 503 g/mol. The summed E-state index contributed by atoms with van der Waals surface area (Å²) in [5, 5.41) is 38.0. The number of rotatable bonds is 7. The van der Waals surface area contributed by atoms with Crippen LogP contribution in [0.4, 0.5) is 0 Å². The van der Waals surface area contributed by atoms with Gasteiger partial charge in [-0.1, -0.05) is 30.3 Å². The van der Waals surface area contributed by atoms with Gasteiger partial charge in [0.2, 0.25) is 0 Å². The molecule has 0 bridgehead atoms. The highest BCUT2D eigenvalue weighted by atomic mass is 16.5. The minimum atomic E-state index is 0.167. The summed E-state index contributed by atoms with van der Waals surface area (Å²) in [4.78, 5) is 4.74. The Morgan fingerprint density at radius 3 is 1.73 bits per heavy atom. The molecule has 0 saturated carbocycles. The molecule has 7 nitrogen and oxygen atoms in total. The molecule has 2 aromatic rings. The van der Waals surface area contributed by atoms with Crippen LogP contribution in [0.1, 0.15) is 59.8 Å². The van der Waals surface area contributed by atoms with Crippen LogP contribution in [0, 0.1) is 22.7 Å². The van der Waals surface area contributed by atoms with Crippen molar-refractivity contribution >= 4 is 0 Å². The molecule has 2 aromatic carbocycles. The van der Waals surface area contributed by atoms with E-state index in [1.807, 2.05) is 42.5 Å². The quantitative estimate of drug-likeness (QED) is 0.528. The fourth-order valence-electron chi connectivity index (χ4n) is 5.26. The van der Waals surface area contributed by atoms with Crippen molar-refractivity contribution < 1.29 is 14.9 Å². The number of para-hydroxylation sites is 2. The van der Waals surface area contributed by atoms with Crippen molar-refractivity contribution in [2.24, 2.45) is 0 Å². The first-order valence-corrected chi connectivity index (χ1v) is 13.0. The van der Waals surface area contributed by atoms with E-state index in [0.717, 1.165) is 82.7 Å². The van der Waals surface area contributed by atoms with Gasteiger partial charge in [0.05, 0.1) is 17.7 Å². The van der Waals surface area contributed by atoms with Gasteiger partial charge in [0.15, 0.2) is 0 Å². The Labute approximate surface area is 220 Å². The highest BCUT2D eigenvalue weighted by molar-refractivity contribution is 5.49. The van der Waals surface area contributed by atoms with Gasteiger partial charge in [-0.3, -0.25) is 4.90 Å².